The number of rotatable bonds is 4. The van der Waals surface area contributed by atoms with Gasteiger partial charge in [0, 0.05) is 30.2 Å². The van der Waals surface area contributed by atoms with Gasteiger partial charge in [-0.2, -0.15) is 0 Å². The lowest BCUT2D eigenvalue weighted by molar-refractivity contribution is 0.139. The molecule has 0 aromatic heterocycles. The van der Waals surface area contributed by atoms with Crippen LogP contribution in [0.2, 0.25) is 0 Å². The summed E-state index contributed by atoms with van der Waals surface area (Å²) >= 11 is 0. The monoisotopic (exact) mass is 272 g/mol. The van der Waals surface area contributed by atoms with Gasteiger partial charge in [-0.15, -0.1) is 0 Å². The van der Waals surface area contributed by atoms with Gasteiger partial charge in [-0.05, 0) is 44.0 Å². The van der Waals surface area contributed by atoms with Crippen molar-refractivity contribution in [1.29, 1.82) is 0 Å². The Bertz CT molecular complexity index is 440. The molecule has 1 N–H and O–H groups in total. The lowest BCUT2D eigenvalue weighted by Gasteiger charge is -2.53. The van der Waals surface area contributed by atoms with Gasteiger partial charge < -0.3 is 10.2 Å². The molecule has 2 fully saturated rings. The van der Waals surface area contributed by atoms with Crippen molar-refractivity contribution in [1.82, 2.24) is 5.32 Å². The predicted molar refractivity (Wildman–Crippen MR) is 86.3 cm³/mol. The van der Waals surface area contributed by atoms with Gasteiger partial charge >= 0.3 is 0 Å². The van der Waals surface area contributed by atoms with Crippen LogP contribution in [0, 0.1) is 5.41 Å². The number of anilines is 1. The molecule has 1 aromatic rings. The summed E-state index contributed by atoms with van der Waals surface area (Å²) in [5, 5.41) is 3.50. The SMILES string of the molecule is CCNC(C)c1cccc(N2CC3(CCCCC3)C2)c1. The first-order chi connectivity index (χ1) is 9.72. The predicted octanol–water partition coefficient (Wildman–Crippen LogP) is 4.13. The average Bonchev–Trinajstić information content (AvgIpc) is 2.46. The molecule has 2 aliphatic rings. The number of nitrogens with zero attached hydrogens (tertiary/aromatic N) is 1. The van der Waals surface area contributed by atoms with Crippen LogP contribution in [-0.2, 0) is 0 Å². The van der Waals surface area contributed by atoms with E-state index in [2.05, 4.69) is 48.3 Å². The Labute approximate surface area is 123 Å². The van der Waals surface area contributed by atoms with E-state index in [4.69, 9.17) is 0 Å². The van der Waals surface area contributed by atoms with E-state index in [0.29, 0.717) is 11.5 Å². The van der Waals surface area contributed by atoms with Crippen molar-refractivity contribution < 1.29 is 0 Å². The molecule has 2 heteroatoms. The lowest BCUT2D eigenvalue weighted by Crippen LogP contribution is -2.57. The molecule has 1 heterocycles. The van der Waals surface area contributed by atoms with Crippen molar-refractivity contribution >= 4 is 5.69 Å². The van der Waals surface area contributed by atoms with Gasteiger partial charge in [0.15, 0.2) is 0 Å². The van der Waals surface area contributed by atoms with Crippen molar-refractivity contribution in [3.8, 4) is 0 Å². The normalized spacial score (nSPS) is 22.6. The van der Waals surface area contributed by atoms with Crippen LogP contribution in [0.1, 0.15) is 57.6 Å². The maximum absolute atomic E-state index is 3.50. The van der Waals surface area contributed by atoms with Crippen LogP contribution in [0.15, 0.2) is 24.3 Å². The molecule has 0 radical (unpaired) electrons. The minimum absolute atomic E-state index is 0.449. The van der Waals surface area contributed by atoms with Crippen LogP contribution in [-0.4, -0.2) is 19.6 Å². The molecule has 1 aliphatic carbocycles. The standard InChI is InChI=1S/C18H28N2/c1-3-19-15(2)16-8-7-9-17(12-16)20-13-18(14-20)10-5-4-6-11-18/h7-9,12,15,19H,3-6,10-11,13-14H2,1-2H3. The van der Waals surface area contributed by atoms with E-state index in [9.17, 15) is 0 Å². The summed E-state index contributed by atoms with van der Waals surface area (Å²) in [5.74, 6) is 0. The first-order valence-electron chi connectivity index (χ1n) is 8.31. The Balaban J connectivity index is 1.65. The zero-order chi connectivity index (χ0) is 14.0. The second-order valence-electron chi connectivity index (χ2n) is 6.79. The first-order valence-corrected chi connectivity index (χ1v) is 8.31. The quantitative estimate of drug-likeness (QED) is 0.886. The number of hydrogen-bond donors (Lipinski definition) is 1. The van der Waals surface area contributed by atoms with Gasteiger partial charge in [0.1, 0.15) is 0 Å². The first kappa shape index (κ1) is 13.9. The van der Waals surface area contributed by atoms with E-state index in [-0.39, 0.29) is 0 Å². The molecule has 1 atom stereocenters. The molecule has 3 rings (SSSR count). The fourth-order valence-electron chi connectivity index (χ4n) is 3.98. The fraction of sp³-hybridized carbons (Fsp3) is 0.667. The molecular weight excluding hydrogens is 244 g/mol. The van der Waals surface area contributed by atoms with E-state index < -0.39 is 0 Å². The Morgan fingerprint density at radius 3 is 2.65 bits per heavy atom. The smallest absolute Gasteiger partial charge is 0.0369 e. The topological polar surface area (TPSA) is 15.3 Å². The molecule has 1 unspecified atom stereocenters. The van der Waals surface area contributed by atoms with Crippen LogP contribution < -0.4 is 10.2 Å². The van der Waals surface area contributed by atoms with Crippen molar-refractivity contribution in [2.45, 2.75) is 52.0 Å². The highest BCUT2D eigenvalue weighted by atomic mass is 15.2. The number of hydrogen-bond acceptors (Lipinski definition) is 2. The van der Waals surface area contributed by atoms with Gasteiger partial charge in [0.25, 0.3) is 0 Å². The summed E-state index contributed by atoms with van der Waals surface area (Å²) in [5.41, 5.74) is 3.50. The summed E-state index contributed by atoms with van der Waals surface area (Å²) in [6.45, 7) is 8.01. The van der Waals surface area contributed by atoms with E-state index >= 15 is 0 Å². The zero-order valence-corrected chi connectivity index (χ0v) is 13.0. The molecule has 1 saturated heterocycles. The van der Waals surface area contributed by atoms with Crippen molar-refractivity contribution in [3.05, 3.63) is 29.8 Å². The van der Waals surface area contributed by atoms with Crippen LogP contribution in [0.4, 0.5) is 5.69 Å². The minimum atomic E-state index is 0.449. The van der Waals surface area contributed by atoms with Gasteiger partial charge in [-0.25, -0.2) is 0 Å². The lowest BCUT2D eigenvalue weighted by atomic mass is 9.68. The Morgan fingerprint density at radius 2 is 1.95 bits per heavy atom. The highest BCUT2D eigenvalue weighted by molar-refractivity contribution is 5.52. The molecule has 110 valence electrons. The van der Waals surface area contributed by atoms with E-state index in [1.807, 2.05) is 0 Å². The zero-order valence-electron chi connectivity index (χ0n) is 13.0. The van der Waals surface area contributed by atoms with Crippen molar-refractivity contribution in [3.63, 3.8) is 0 Å². The van der Waals surface area contributed by atoms with Crippen molar-refractivity contribution in [2.24, 2.45) is 5.41 Å². The molecule has 0 bridgehead atoms. The van der Waals surface area contributed by atoms with E-state index in [1.54, 1.807) is 0 Å². The second-order valence-corrected chi connectivity index (χ2v) is 6.79. The molecule has 0 amide bonds. The Kier molecular flexibility index (Phi) is 4.02. The maximum Gasteiger partial charge on any atom is 0.0369 e. The number of nitrogens with one attached hydrogen (secondary N) is 1. The summed E-state index contributed by atoms with van der Waals surface area (Å²) in [4.78, 5) is 2.58. The summed E-state index contributed by atoms with van der Waals surface area (Å²) in [6.07, 6.45) is 7.27. The van der Waals surface area contributed by atoms with Crippen LogP contribution >= 0.6 is 0 Å². The molecular formula is C18H28N2. The number of benzene rings is 1. The minimum Gasteiger partial charge on any atom is -0.370 e. The van der Waals surface area contributed by atoms with Gasteiger partial charge in [0.05, 0.1) is 0 Å². The van der Waals surface area contributed by atoms with Crippen LogP contribution in [0.25, 0.3) is 0 Å². The van der Waals surface area contributed by atoms with Crippen LogP contribution in [0.5, 0.6) is 0 Å². The molecule has 20 heavy (non-hydrogen) atoms. The summed E-state index contributed by atoms with van der Waals surface area (Å²) < 4.78 is 0. The highest BCUT2D eigenvalue weighted by Crippen LogP contribution is 2.45. The highest BCUT2D eigenvalue weighted by Gasteiger charge is 2.43. The Hall–Kier alpha value is -1.02. The third-order valence-electron chi connectivity index (χ3n) is 5.21. The maximum atomic E-state index is 3.50. The summed E-state index contributed by atoms with van der Waals surface area (Å²) in [6, 6.07) is 9.56. The average molecular weight is 272 g/mol. The van der Waals surface area contributed by atoms with E-state index in [0.717, 1.165) is 6.54 Å². The Morgan fingerprint density at radius 1 is 1.20 bits per heavy atom. The largest absolute Gasteiger partial charge is 0.370 e. The van der Waals surface area contributed by atoms with Crippen molar-refractivity contribution in [2.75, 3.05) is 24.5 Å². The second kappa shape index (κ2) is 5.77. The third kappa shape index (κ3) is 2.71. The molecule has 1 spiro atoms. The molecule has 1 saturated carbocycles. The summed E-state index contributed by atoms with van der Waals surface area (Å²) in [7, 11) is 0. The van der Waals surface area contributed by atoms with E-state index in [1.165, 1.54) is 56.4 Å². The fourth-order valence-corrected chi connectivity index (χ4v) is 3.98. The van der Waals surface area contributed by atoms with Gasteiger partial charge in [-0.3, -0.25) is 0 Å². The molecule has 1 aromatic carbocycles. The van der Waals surface area contributed by atoms with Gasteiger partial charge in [0.2, 0.25) is 0 Å². The molecule has 2 nitrogen and oxygen atoms in total. The van der Waals surface area contributed by atoms with Crippen LogP contribution in [0.3, 0.4) is 0 Å². The third-order valence-corrected chi connectivity index (χ3v) is 5.21. The van der Waals surface area contributed by atoms with Gasteiger partial charge in [-0.1, -0.05) is 38.3 Å². The molecule has 1 aliphatic heterocycles.